The maximum Gasteiger partial charge on any atom is 0.287 e. The molecule has 0 aliphatic carbocycles. The zero-order chi connectivity index (χ0) is 68.2. The second-order valence-corrected chi connectivity index (χ2v) is 19.7. The van der Waals surface area contributed by atoms with Crippen molar-refractivity contribution in [2.24, 2.45) is 5.73 Å². The first-order chi connectivity index (χ1) is 44.6. The van der Waals surface area contributed by atoms with E-state index in [9.17, 15) is 47.4 Å². The van der Waals surface area contributed by atoms with Crippen LogP contribution in [0.5, 0.6) is 0 Å². The third-order valence-corrected chi connectivity index (χ3v) is 12.0. The summed E-state index contributed by atoms with van der Waals surface area (Å²) < 4.78 is 55.6. The first-order valence-electron chi connectivity index (χ1n) is 28.2. The van der Waals surface area contributed by atoms with Crippen LogP contribution in [-0.2, 0) is 35.4 Å². The first kappa shape index (κ1) is 78.1. The lowest BCUT2D eigenvalue weighted by Gasteiger charge is -2.08. The summed E-state index contributed by atoms with van der Waals surface area (Å²) in [4.78, 5) is 62.0. The molecule has 12 N–H and O–H groups in total. The molecule has 0 atom stereocenters. The molecular formula is C61H71Cl2F4N17O10. The number of nitrogens with zero attached hydrogens (tertiary/aromatic N) is 11. The van der Waals surface area contributed by atoms with Gasteiger partial charge in [-0.3, -0.25) is 29.8 Å². The predicted molar refractivity (Wildman–Crippen MR) is 349 cm³/mol. The van der Waals surface area contributed by atoms with Gasteiger partial charge in [0.2, 0.25) is 0 Å². The van der Waals surface area contributed by atoms with Crippen LogP contribution in [-0.4, -0.2) is 139 Å². The molecule has 0 saturated heterocycles. The molecule has 0 bridgehead atoms. The molecule has 0 saturated carbocycles. The van der Waals surface area contributed by atoms with Gasteiger partial charge in [-0.1, -0.05) is 23.7 Å². The molecule has 2 aromatic carbocycles. The second-order valence-electron chi connectivity index (χ2n) is 19.3. The third kappa shape index (κ3) is 28.6. The normalized spacial score (nSPS) is 10.1. The number of nitrogen functional groups attached to an aromatic ring is 1. The molecule has 0 unspecified atom stereocenters. The van der Waals surface area contributed by atoms with E-state index >= 15 is 0 Å². The molecule has 33 heteroatoms. The topological polar surface area (TPSA) is 402 Å². The van der Waals surface area contributed by atoms with E-state index in [1.54, 1.807) is 62.8 Å². The Morgan fingerprint density at radius 1 is 0.543 bits per heavy atom. The fourth-order valence-electron chi connectivity index (χ4n) is 7.57. The minimum absolute atomic E-state index is 0. The fourth-order valence-corrected chi connectivity index (χ4v) is 7.68. The number of aliphatic hydroxyl groups excluding tert-OH is 4. The van der Waals surface area contributed by atoms with Crippen molar-refractivity contribution in [3.63, 3.8) is 0 Å². The SMILES string of the molecule is CC(=O)Cc1ccc(NCCO)nc1.Cc1cc(CCC(=O)Cc2ccc(NCCO)nc2)n(-c2ccc(F)c(F)c2)n1.Cc1cc(CN)n(-c2ccc(F)c(F)c2)n1.Cl.Nc1ccc(NCCO)nc1.O=[N+]([O-])c1ccc(Cl)nc1.O=[N+]([O-])c1ccc(NCCO)nc1. The van der Waals surface area contributed by atoms with Crippen LogP contribution in [0.25, 0.3) is 11.4 Å². The van der Waals surface area contributed by atoms with Crippen molar-refractivity contribution in [2.45, 2.75) is 53.0 Å². The summed E-state index contributed by atoms with van der Waals surface area (Å²) in [5, 5.41) is 74.9. The fraction of sp³-hybridized carbons (Fsp3) is 0.262. The highest BCUT2D eigenvalue weighted by Crippen LogP contribution is 2.20. The number of halogens is 6. The quantitative estimate of drug-likeness (QED) is 0.0118. The number of carbonyl (C=O) groups excluding carboxylic acids is 2. The number of carbonyl (C=O) groups is 2. The molecular weight excluding hydrogens is 1280 g/mol. The van der Waals surface area contributed by atoms with E-state index in [0.29, 0.717) is 86.5 Å². The summed E-state index contributed by atoms with van der Waals surface area (Å²) in [7, 11) is 0. The van der Waals surface area contributed by atoms with Crippen LogP contribution in [0.2, 0.25) is 5.15 Å². The minimum Gasteiger partial charge on any atom is -0.397 e. The van der Waals surface area contributed by atoms with Gasteiger partial charge >= 0.3 is 0 Å². The first-order valence-corrected chi connectivity index (χ1v) is 28.5. The van der Waals surface area contributed by atoms with E-state index in [1.165, 1.54) is 52.0 Å². The summed E-state index contributed by atoms with van der Waals surface area (Å²) in [6.07, 6.45) is 8.55. The minimum atomic E-state index is -0.942. The number of anilines is 5. The summed E-state index contributed by atoms with van der Waals surface area (Å²) in [5.41, 5.74) is 17.1. The Morgan fingerprint density at radius 2 is 0.947 bits per heavy atom. The number of rotatable bonds is 24. The number of hydrogen-bond donors (Lipinski definition) is 10. The Morgan fingerprint density at radius 3 is 1.31 bits per heavy atom. The highest BCUT2D eigenvalue weighted by atomic mass is 35.5. The van der Waals surface area contributed by atoms with E-state index in [4.69, 9.17) is 43.5 Å². The lowest BCUT2D eigenvalue weighted by Crippen LogP contribution is -2.09. The number of hydrogen-bond acceptors (Lipinski definition) is 23. The van der Waals surface area contributed by atoms with Gasteiger partial charge in [-0.15, -0.1) is 12.4 Å². The van der Waals surface area contributed by atoms with Crippen molar-refractivity contribution in [1.82, 2.24) is 44.5 Å². The van der Waals surface area contributed by atoms with Gasteiger partial charge in [-0.2, -0.15) is 10.2 Å². The standard InChI is InChI=1S/C21H22F2N4O2.C11H11F2N3.C10H14N2O2.C7H9N3O3.C7H11N3O.C5H3ClN2O2.ClH/c1-14-10-16(27(26-14)17-4-6-19(22)20(23)12-17)3-5-18(29)11-15-2-7-21(25-13-15)24-8-9-28;1-7-4-9(6-14)16(15-7)8-2-3-10(12)11(13)5-8;1-8(14)6-9-2-3-10(12-7-9)11-4-5-13;11-4-3-8-7-2-1-6(5-9-7)10(12)13;8-6-1-2-7(10-5-6)9-3-4-11;6-5-2-1-4(3-7-5)8(9)10;/h2,4,6-7,10,12-13,28H,3,5,8-9,11H2,1H3,(H,24,25);2-5H,6,14H2,1H3;2-3,7,13H,4-6H2,1H3,(H,11,12);1-2,5,11H,3-4H2,(H,8,9);1-2,5,11H,3-4,8H2,(H,9,10);1-3H;1H. The van der Waals surface area contributed by atoms with Crippen molar-refractivity contribution < 1.29 is 57.4 Å². The molecule has 0 aliphatic rings. The van der Waals surface area contributed by atoms with Gasteiger partial charge in [-0.05, 0) is 111 Å². The van der Waals surface area contributed by atoms with Crippen LogP contribution < -0.4 is 32.7 Å². The van der Waals surface area contributed by atoms with E-state index in [1.807, 2.05) is 25.1 Å². The Labute approximate surface area is 548 Å². The molecule has 7 aromatic heterocycles. The number of nitrogens with two attached hydrogens (primary N) is 2. The van der Waals surface area contributed by atoms with Crippen molar-refractivity contribution in [3.8, 4) is 11.4 Å². The number of Topliss-reactive ketones (excluding diaryl/α,β-unsaturated/α-hetero) is 2. The molecule has 9 rings (SSSR count). The molecule has 7 heterocycles. The van der Waals surface area contributed by atoms with E-state index < -0.39 is 33.1 Å². The zero-order valence-electron chi connectivity index (χ0n) is 51.1. The maximum atomic E-state index is 13.6. The molecule has 27 nitrogen and oxygen atoms in total. The van der Waals surface area contributed by atoms with Gasteiger partial charge < -0.3 is 53.2 Å². The molecule has 94 heavy (non-hydrogen) atoms. The van der Waals surface area contributed by atoms with E-state index in [-0.39, 0.29) is 73.3 Å². The highest BCUT2D eigenvalue weighted by Gasteiger charge is 2.14. The van der Waals surface area contributed by atoms with Gasteiger partial charge in [0.15, 0.2) is 23.3 Å². The van der Waals surface area contributed by atoms with Crippen LogP contribution in [0.1, 0.15) is 47.2 Å². The highest BCUT2D eigenvalue weighted by molar-refractivity contribution is 6.29. The number of aryl methyl sites for hydroxylation is 3. The maximum absolute atomic E-state index is 13.6. The number of benzene rings is 2. The van der Waals surface area contributed by atoms with Crippen molar-refractivity contribution in [1.29, 1.82) is 0 Å². The lowest BCUT2D eigenvalue weighted by atomic mass is 10.1. The van der Waals surface area contributed by atoms with Crippen LogP contribution >= 0.6 is 24.0 Å². The average molecular weight is 1350 g/mol. The van der Waals surface area contributed by atoms with Gasteiger partial charge in [0.1, 0.15) is 52.4 Å². The van der Waals surface area contributed by atoms with Crippen molar-refractivity contribution >= 4 is 75.9 Å². The Kier molecular flexibility index (Phi) is 35.0. The molecule has 0 aliphatic heterocycles. The monoisotopic (exact) mass is 1350 g/mol. The van der Waals surface area contributed by atoms with Crippen LogP contribution in [0, 0.1) is 57.3 Å². The Hall–Kier alpha value is -10.2. The largest absolute Gasteiger partial charge is 0.397 e. The van der Waals surface area contributed by atoms with Crippen LogP contribution in [0.4, 0.5) is 57.9 Å². The predicted octanol–water partition coefficient (Wildman–Crippen LogP) is 8.06. The Balaban J connectivity index is 0.000000308. The van der Waals surface area contributed by atoms with Gasteiger partial charge in [0, 0.05) is 94.3 Å². The summed E-state index contributed by atoms with van der Waals surface area (Å²) in [5.74, 6) is -0.861. The van der Waals surface area contributed by atoms with Crippen LogP contribution in [0.3, 0.4) is 0 Å². The lowest BCUT2D eigenvalue weighted by molar-refractivity contribution is -0.385. The number of ketones is 2. The zero-order valence-corrected chi connectivity index (χ0v) is 52.7. The molecule has 502 valence electrons. The van der Waals surface area contributed by atoms with Crippen molar-refractivity contribution in [2.75, 3.05) is 79.6 Å². The summed E-state index contributed by atoms with van der Waals surface area (Å²) in [6.45, 7) is 7.45. The number of pyridine rings is 5. The Bertz CT molecular complexity index is 3750. The molecule has 0 spiro atoms. The smallest absolute Gasteiger partial charge is 0.287 e. The third-order valence-electron chi connectivity index (χ3n) is 11.8. The van der Waals surface area contributed by atoms with Gasteiger partial charge in [-0.25, -0.2) is 51.8 Å². The van der Waals surface area contributed by atoms with E-state index in [2.05, 4.69) is 56.4 Å². The molecule has 0 fully saturated rings. The molecule has 0 radical (unpaired) electrons. The van der Waals surface area contributed by atoms with E-state index in [0.717, 1.165) is 70.2 Å². The number of aromatic nitrogens is 9. The van der Waals surface area contributed by atoms with Gasteiger partial charge in [0.25, 0.3) is 11.4 Å². The van der Waals surface area contributed by atoms with Crippen LogP contribution in [0.15, 0.2) is 140 Å². The number of aliphatic hydroxyl groups is 4. The average Bonchev–Trinajstić information content (AvgIpc) is 1.67. The summed E-state index contributed by atoms with van der Waals surface area (Å²) in [6, 6.07) is 27.2. The van der Waals surface area contributed by atoms with Gasteiger partial charge in [0.05, 0.1) is 76.6 Å². The summed E-state index contributed by atoms with van der Waals surface area (Å²) >= 11 is 5.38. The number of nitrogens with one attached hydrogen (secondary N) is 4. The molecule has 9 aromatic rings. The van der Waals surface area contributed by atoms with Crippen molar-refractivity contribution in [3.05, 3.63) is 223 Å². The second kappa shape index (κ2) is 42.1. The molecule has 0 amide bonds. The number of nitro groups is 2.